The predicted octanol–water partition coefficient (Wildman–Crippen LogP) is 1.77. The molecule has 1 heterocycles. The largest absolute Gasteiger partial charge is 0.364 e. The lowest BCUT2D eigenvalue weighted by Gasteiger charge is -2.02. The van der Waals surface area contributed by atoms with Crippen LogP contribution in [-0.4, -0.2) is 5.11 Å². The molecule has 58 valence electrons. The van der Waals surface area contributed by atoms with Crippen LogP contribution in [0.1, 0.15) is 30.4 Å². The van der Waals surface area contributed by atoms with Crippen LogP contribution in [0, 0.1) is 0 Å². The van der Waals surface area contributed by atoms with Crippen molar-refractivity contribution >= 4 is 0 Å². The minimum atomic E-state index is -0.721. The Hall–Kier alpha value is -0.860. The summed E-state index contributed by atoms with van der Waals surface area (Å²) >= 11 is 0. The van der Waals surface area contributed by atoms with Gasteiger partial charge in [-0.25, -0.2) is 0 Å². The summed E-state index contributed by atoms with van der Waals surface area (Å²) in [5.41, 5.74) is 2.00. The van der Waals surface area contributed by atoms with Gasteiger partial charge in [0.2, 0.25) is 0 Å². The van der Waals surface area contributed by atoms with E-state index < -0.39 is 6.29 Å². The molecular formula is C9H10O2. The van der Waals surface area contributed by atoms with Gasteiger partial charge in [0.15, 0.2) is 6.29 Å². The molecule has 0 amide bonds. The van der Waals surface area contributed by atoms with Crippen molar-refractivity contribution < 1.29 is 9.84 Å². The highest BCUT2D eigenvalue weighted by atomic mass is 16.6. The monoisotopic (exact) mass is 150 g/mol. The third-order valence-corrected chi connectivity index (χ3v) is 2.03. The molecule has 0 bridgehead atoms. The van der Waals surface area contributed by atoms with E-state index in [2.05, 4.69) is 0 Å². The number of rotatable bonds is 0. The van der Waals surface area contributed by atoms with E-state index in [1.807, 2.05) is 31.2 Å². The first-order valence-corrected chi connectivity index (χ1v) is 3.71. The maximum atomic E-state index is 9.33. The molecule has 1 N–H and O–H groups in total. The minimum absolute atomic E-state index is 0.0289. The van der Waals surface area contributed by atoms with Crippen LogP contribution in [-0.2, 0) is 4.74 Å². The summed E-state index contributed by atoms with van der Waals surface area (Å²) in [6.45, 7) is 1.94. The van der Waals surface area contributed by atoms with Gasteiger partial charge in [-0.1, -0.05) is 24.3 Å². The SMILES string of the molecule is C[C@H]1O[C@@H](O)c2ccccc21. The fourth-order valence-electron chi connectivity index (χ4n) is 1.45. The molecule has 1 aliphatic heterocycles. The molecular weight excluding hydrogens is 140 g/mol. The van der Waals surface area contributed by atoms with Crippen molar-refractivity contribution in [1.82, 2.24) is 0 Å². The maximum absolute atomic E-state index is 9.33. The van der Waals surface area contributed by atoms with Crippen molar-refractivity contribution in [3.05, 3.63) is 35.4 Å². The van der Waals surface area contributed by atoms with Crippen molar-refractivity contribution in [2.24, 2.45) is 0 Å². The maximum Gasteiger partial charge on any atom is 0.182 e. The first kappa shape index (κ1) is 6.83. The van der Waals surface area contributed by atoms with E-state index in [4.69, 9.17) is 4.74 Å². The Labute approximate surface area is 65.4 Å². The van der Waals surface area contributed by atoms with E-state index in [-0.39, 0.29) is 6.10 Å². The molecule has 1 aromatic carbocycles. The van der Waals surface area contributed by atoms with Crippen molar-refractivity contribution in [2.75, 3.05) is 0 Å². The van der Waals surface area contributed by atoms with Gasteiger partial charge in [-0.3, -0.25) is 0 Å². The molecule has 0 spiro atoms. The molecule has 0 aromatic heterocycles. The van der Waals surface area contributed by atoms with E-state index in [0.717, 1.165) is 11.1 Å². The van der Waals surface area contributed by atoms with Gasteiger partial charge in [0.1, 0.15) is 0 Å². The zero-order chi connectivity index (χ0) is 7.84. The standard InChI is InChI=1S/C9H10O2/c1-6-7-4-2-3-5-8(7)9(10)11-6/h2-6,9-10H,1H3/t6-,9-/m1/s1. The lowest BCUT2D eigenvalue weighted by atomic mass is 10.1. The van der Waals surface area contributed by atoms with Crippen molar-refractivity contribution in [2.45, 2.75) is 19.3 Å². The van der Waals surface area contributed by atoms with Gasteiger partial charge in [0.25, 0.3) is 0 Å². The molecule has 1 aromatic rings. The highest BCUT2D eigenvalue weighted by Gasteiger charge is 2.25. The van der Waals surface area contributed by atoms with Crippen LogP contribution in [0.2, 0.25) is 0 Å². The molecule has 2 atom stereocenters. The summed E-state index contributed by atoms with van der Waals surface area (Å²) in [5.74, 6) is 0. The van der Waals surface area contributed by atoms with E-state index >= 15 is 0 Å². The molecule has 0 saturated carbocycles. The van der Waals surface area contributed by atoms with E-state index in [0.29, 0.717) is 0 Å². The summed E-state index contributed by atoms with van der Waals surface area (Å²) in [7, 11) is 0. The Bertz CT molecular complexity index is 243. The summed E-state index contributed by atoms with van der Waals surface area (Å²) < 4.78 is 5.19. The molecule has 0 saturated heterocycles. The van der Waals surface area contributed by atoms with E-state index in [1.54, 1.807) is 0 Å². The van der Waals surface area contributed by atoms with Crippen molar-refractivity contribution in [1.29, 1.82) is 0 Å². The van der Waals surface area contributed by atoms with Crippen LogP contribution < -0.4 is 0 Å². The first-order valence-electron chi connectivity index (χ1n) is 3.71. The van der Waals surface area contributed by atoms with Gasteiger partial charge in [-0.15, -0.1) is 0 Å². The zero-order valence-corrected chi connectivity index (χ0v) is 6.32. The topological polar surface area (TPSA) is 29.5 Å². The molecule has 2 rings (SSSR count). The number of aliphatic hydroxyl groups excluding tert-OH is 1. The van der Waals surface area contributed by atoms with Crippen LogP contribution in [0.4, 0.5) is 0 Å². The number of ether oxygens (including phenoxy) is 1. The highest BCUT2D eigenvalue weighted by Crippen LogP contribution is 2.36. The number of hydrogen-bond acceptors (Lipinski definition) is 2. The van der Waals surface area contributed by atoms with Gasteiger partial charge in [0, 0.05) is 5.56 Å². The van der Waals surface area contributed by atoms with Crippen molar-refractivity contribution in [3.63, 3.8) is 0 Å². The molecule has 2 nitrogen and oxygen atoms in total. The Balaban J connectivity index is 2.52. The zero-order valence-electron chi connectivity index (χ0n) is 6.32. The number of aliphatic hydroxyl groups is 1. The number of benzene rings is 1. The van der Waals surface area contributed by atoms with E-state index in [1.165, 1.54) is 0 Å². The molecule has 1 aliphatic rings. The molecule has 0 radical (unpaired) electrons. The molecule has 0 unspecified atom stereocenters. The minimum Gasteiger partial charge on any atom is -0.364 e. The van der Waals surface area contributed by atoms with Gasteiger partial charge >= 0.3 is 0 Å². The smallest absolute Gasteiger partial charge is 0.182 e. The first-order chi connectivity index (χ1) is 5.29. The molecule has 0 aliphatic carbocycles. The van der Waals surface area contributed by atoms with Crippen LogP contribution in [0.15, 0.2) is 24.3 Å². The van der Waals surface area contributed by atoms with Crippen LogP contribution in [0.5, 0.6) is 0 Å². The van der Waals surface area contributed by atoms with E-state index in [9.17, 15) is 5.11 Å². The number of fused-ring (bicyclic) bond motifs is 1. The molecule has 2 heteroatoms. The second-order valence-electron chi connectivity index (χ2n) is 2.76. The van der Waals surface area contributed by atoms with Crippen molar-refractivity contribution in [3.8, 4) is 0 Å². The fraction of sp³-hybridized carbons (Fsp3) is 0.333. The lowest BCUT2D eigenvalue weighted by Crippen LogP contribution is -1.92. The predicted molar refractivity (Wildman–Crippen MR) is 40.9 cm³/mol. The number of hydrogen-bond donors (Lipinski definition) is 1. The van der Waals surface area contributed by atoms with Crippen LogP contribution >= 0.6 is 0 Å². The van der Waals surface area contributed by atoms with Crippen LogP contribution in [0.25, 0.3) is 0 Å². The third kappa shape index (κ3) is 0.951. The second kappa shape index (κ2) is 2.32. The average molecular weight is 150 g/mol. The second-order valence-corrected chi connectivity index (χ2v) is 2.76. The van der Waals surface area contributed by atoms with Gasteiger partial charge in [0.05, 0.1) is 6.10 Å². The molecule has 0 fully saturated rings. The van der Waals surface area contributed by atoms with Gasteiger partial charge < -0.3 is 9.84 Å². The highest BCUT2D eigenvalue weighted by molar-refractivity contribution is 5.32. The quantitative estimate of drug-likeness (QED) is 0.610. The average Bonchev–Trinajstić information content (AvgIpc) is 2.30. The summed E-state index contributed by atoms with van der Waals surface area (Å²) in [5, 5.41) is 9.33. The van der Waals surface area contributed by atoms with Crippen LogP contribution in [0.3, 0.4) is 0 Å². The van der Waals surface area contributed by atoms with Gasteiger partial charge in [-0.2, -0.15) is 0 Å². The Morgan fingerprint density at radius 3 is 2.55 bits per heavy atom. The summed E-state index contributed by atoms with van der Waals surface area (Å²) in [4.78, 5) is 0. The lowest BCUT2D eigenvalue weighted by molar-refractivity contribution is -0.115. The molecule has 11 heavy (non-hydrogen) atoms. The summed E-state index contributed by atoms with van der Waals surface area (Å²) in [6, 6.07) is 7.74. The Kier molecular flexibility index (Phi) is 1.44. The Morgan fingerprint density at radius 1 is 1.27 bits per heavy atom. The third-order valence-electron chi connectivity index (χ3n) is 2.03. The van der Waals surface area contributed by atoms with Gasteiger partial charge in [-0.05, 0) is 12.5 Å². The normalized spacial score (nSPS) is 28.5. The summed E-state index contributed by atoms with van der Waals surface area (Å²) in [6.07, 6.45) is -0.692. The Morgan fingerprint density at radius 2 is 1.91 bits per heavy atom. The fourth-order valence-corrected chi connectivity index (χ4v) is 1.45.